The van der Waals surface area contributed by atoms with E-state index in [4.69, 9.17) is 16.6 Å². The van der Waals surface area contributed by atoms with E-state index in [9.17, 15) is 4.39 Å². The van der Waals surface area contributed by atoms with Crippen LogP contribution in [0.5, 0.6) is 0 Å². The van der Waals surface area contributed by atoms with Gasteiger partial charge in [0.25, 0.3) is 0 Å². The minimum absolute atomic E-state index is 0.0319. The molecule has 0 bridgehead atoms. The molecule has 0 amide bonds. The maximum atomic E-state index is 13.6. The van der Waals surface area contributed by atoms with E-state index in [1.54, 1.807) is 18.5 Å². The van der Waals surface area contributed by atoms with E-state index in [1.165, 1.54) is 12.1 Å². The molecule has 2 aromatic heterocycles. The number of pyridine rings is 1. The summed E-state index contributed by atoms with van der Waals surface area (Å²) in [5.41, 5.74) is 3.00. The van der Waals surface area contributed by atoms with Crippen LogP contribution in [0.15, 0.2) is 60.9 Å². The first-order valence-corrected chi connectivity index (χ1v) is 9.59. The monoisotopic (exact) mass is 417 g/mol. The van der Waals surface area contributed by atoms with Gasteiger partial charge in [-0.2, -0.15) is 0 Å². The predicted molar refractivity (Wildman–Crippen MR) is 118 cm³/mol. The number of benzene rings is 2. The number of nitrogens with one attached hydrogen (secondary N) is 2. The summed E-state index contributed by atoms with van der Waals surface area (Å²) in [4.78, 5) is 13.5. The quantitative estimate of drug-likeness (QED) is 0.467. The number of hydrogen-bond donors (Lipinski definition) is 2. The number of fused-ring (bicyclic) bond motifs is 1. The van der Waals surface area contributed by atoms with Crippen molar-refractivity contribution in [2.45, 2.75) is 0 Å². The molecule has 0 spiro atoms. The highest BCUT2D eigenvalue weighted by molar-refractivity contribution is 6.31. The van der Waals surface area contributed by atoms with Crippen LogP contribution >= 0.6 is 11.6 Å². The van der Waals surface area contributed by atoms with Gasteiger partial charge in [0.2, 0.25) is 0 Å². The fraction of sp³-hybridized carbons (Fsp3) is 0.0870. The van der Waals surface area contributed by atoms with Gasteiger partial charge in [-0.25, -0.2) is 14.4 Å². The molecule has 4 rings (SSSR count). The Bertz CT molecular complexity index is 1270. The first-order valence-electron chi connectivity index (χ1n) is 9.22. The van der Waals surface area contributed by atoms with Crippen molar-refractivity contribution in [2.75, 3.05) is 18.9 Å². The van der Waals surface area contributed by atoms with Gasteiger partial charge in [-0.3, -0.25) is 4.98 Å². The zero-order valence-electron chi connectivity index (χ0n) is 16.1. The second kappa shape index (κ2) is 8.87. The highest BCUT2D eigenvalue weighted by Gasteiger charge is 2.11. The Hall–Kier alpha value is -3.53. The molecule has 0 saturated heterocycles. The predicted octanol–water partition coefficient (Wildman–Crippen LogP) is 4.80. The van der Waals surface area contributed by atoms with E-state index in [0.717, 1.165) is 22.0 Å². The number of rotatable bonds is 4. The van der Waals surface area contributed by atoms with Crippen molar-refractivity contribution in [3.05, 3.63) is 77.3 Å². The Labute approximate surface area is 178 Å². The Morgan fingerprint density at radius 2 is 2.00 bits per heavy atom. The van der Waals surface area contributed by atoms with E-state index in [0.29, 0.717) is 23.9 Å². The van der Waals surface area contributed by atoms with Crippen molar-refractivity contribution in [3.63, 3.8) is 0 Å². The lowest BCUT2D eigenvalue weighted by Crippen LogP contribution is -2.04. The third kappa shape index (κ3) is 4.38. The minimum atomic E-state index is -0.479. The molecular formula is C23H17ClFN5. The first-order chi connectivity index (χ1) is 14.6. The van der Waals surface area contributed by atoms with Crippen LogP contribution in [0.3, 0.4) is 0 Å². The molecule has 4 aromatic rings. The molecule has 2 N–H and O–H groups in total. The van der Waals surface area contributed by atoms with Crippen molar-refractivity contribution in [2.24, 2.45) is 0 Å². The van der Waals surface area contributed by atoms with Crippen LogP contribution in [0.25, 0.3) is 22.3 Å². The summed E-state index contributed by atoms with van der Waals surface area (Å²) in [5.74, 6) is 6.78. The van der Waals surface area contributed by atoms with E-state index in [1.807, 2.05) is 37.4 Å². The lowest BCUT2D eigenvalue weighted by Gasteiger charge is -2.12. The third-order valence-electron chi connectivity index (χ3n) is 4.30. The Morgan fingerprint density at radius 3 is 2.77 bits per heavy atom. The molecule has 5 nitrogen and oxygen atoms in total. The Morgan fingerprint density at radius 1 is 1.10 bits per heavy atom. The number of nitrogens with zero attached hydrogens (tertiary/aromatic N) is 3. The van der Waals surface area contributed by atoms with Crippen LogP contribution in [0.1, 0.15) is 5.56 Å². The lowest BCUT2D eigenvalue weighted by molar-refractivity contribution is 0.628. The molecular weight excluding hydrogens is 401 g/mol. The average Bonchev–Trinajstić information content (AvgIpc) is 2.77. The van der Waals surface area contributed by atoms with E-state index < -0.39 is 5.82 Å². The molecule has 0 radical (unpaired) electrons. The topological polar surface area (TPSA) is 62.7 Å². The van der Waals surface area contributed by atoms with Crippen molar-refractivity contribution in [3.8, 4) is 23.2 Å². The molecule has 0 fully saturated rings. The van der Waals surface area contributed by atoms with Crippen LogP contribution in [0.4, 0.5) is 15.9 Å². The number of hydrogen-bond acceptors (Lipinski definition) is 5. The van der Waals surface area contributed by atoms with Gasteiger partial charge in [0, 0.05) is 34.6 Å². The summed E-state index contributed by atoms with van der Waals surface area (Å²) in [6.07, 6.45) is 3.40. The van der Waals surface area contributed by atoms with Gasteiger partial charge in [0.1, 0.15) is 11.6 Å². The zero-order chi connectivity index (χ0) is 20.9. The molecule has 0 aliphatic carbocycles. The van der Waals surface area contributed by atoms with Gasteiger partial charge >= 0.3 is 0 Å². The molecule has 0 saturated carbocycles. The highest BCUT2D eigenvalue weighted by Crippen LogP contribution is 2.29. The number of anilines is 2. The standard InChI is InChI=1S/C23H17ClFN5/c1-26-10-2-4-15-6-9-21-18(12-15)23(28-17-7-8-20(25)19(24)13-17)30-22(29-21)16-5-3-11-27-14-16/h3,5-9,11-14,26H,10H2,1H3,(H,28,29,30). The van der Waals surface area contributed by atoms with Crippen LogP contribution < -0.4 is 10.6 Å². The van der Waals surface area contributed by atoms with Crippen molar-refractivity contribution < 1.29 is 4.39 Å². The molecule has 0 aliphatic heterocycles. The van der Waals surface area contributed by atoms with E-state index in [-0.39, 0.29) is 5.02 Å². The molecule has 0 atom stereocenters. The van der Waals surface area contributed by atoms with Crippen molar-refractivity contribution >= 4 is 34.0 Å². The summed E-state index contributed by atoms with van der Waals surface area (Å²) < 4.78 is 13.6. The van der Waals surface area contributed by atoms with Crippen LogP contribution in [-0.2, 0) is 0 Å². The van der Waals surface area contributed by atoms with Gasteiger partial charge in [-0.15, -0.1) is 0 Å². The smallest absolute Gasteiger partial charge is 0.163 e. The molecule has 7 heteroatoms. The Kier molecular flexibility index (Phi) is 5.84. The molecule has 2 heterocycles. The Balaban J connectivity index is 1.85. The molecule has 148 valence electrons. The minimum Gasteiger partial charge on any atom is -0.340 e. The summed E-state index contributed by atoms with van der Waals surface area (Å²) in [7, 11) is 1.85. The highest BCUT2D eigenvalue weighted by atomic mass is 35.5. The van der Waals surface area contributed by atoms with Crippen molar-refractivity contribution in [1.29, 1.82) is 0 Å². The summed E-state index contributed by atoms with van der Waals surface area (Å²) >= 11 is 5.94. The van der Waals surface area contributed by atoms with E-state index in [2.05, 4.69) is 32.4 Å². The number of aromatic nitrogens is 3. The van der Waals surface area contributed by atoms with Gasteiger partial charge in [-0.1, -0.05) is 23.4 Å². The summed E-state index contributed by atoms with van der Waals surface area (Å²) in [6.45, 7) is 0.591. The second-order valence-corrected chi connectivity index (χ2v) is 6.86. The maximum absolute atomic E-state index is 13.6. The van der Waals surface area contributed by atoms with Gasteiger partial charge in [0.15, 0.2) is 5.82 Å². The molecule has 0 unspecified atom stereocenters. The zero-order valence-corrected chi connectivity index (χ0v) is 16.8. The normalized spacial score (nSPS) is 10.5. The van der Waals surface area contributed by atoms with E-state index >= 15 is 0 Å². The average molecular weight is 418 g/mol. The van der Waals surface area contributed by atoms with Crippen LogP contribution in [0, 0.1) is 17.7 Å². The summed E-state index contributed by atoms with van der Waals surface area (Å²) in [5, 5.41) is 7.05. The van der Waals surface area contributed by atoms with Gasteiger partial charge in [-0.05, 0) is 55.6 Å². The number of halogens is 2. The summed E-state index contributed by atoms with van der Waals surface area (Å²) in [6, 6.07) is 13.9. The maximum Gasteiger partial charge on any atom is 0.163 e. The molecule has 2 aromatic carbocycles. The SMILES string of the molecule is CNCC#Cc1ccc2nc(-c3cccnc3)nc(Nc3ccc(F)c(Cl)c3)c2c1. The van der Waals surface area contributed by atoms with Gasteiger partial charge < -0.3 is 10.6 Å². The first kappa shape index (κ1) is 19.8. The largest absolute Gasteiger partial charge is 0.340 e. The van der Waals surface area contributed by atoms with Crippen LogP contribution in [0.2, 0.25) is 5.02 Å². The molecule has 0 aliphatic rings. The van der Waals surface area contributed by atoms with Crippen molar-refractivity contribution in [1.82, 2.24) is 20.3 Å². The van der Waals surface area contributed by atoms with Gasteiger partial charge in [0.05, 0.1) is 17.1 Å². The second-order valence-electron chi connectivity index (χ2n) is 6.46. The van der Waals surface area contributed by atoms with Crippen LogP contribution in [-0.4, -0.2) is 28.5 Å². The lowest BCUT2D eigenvalue weighted by atomic mass is 10.1. The fourth-order valence-electron chi connectivity index (χ4n) is 2.87. The third-order valence-corrected chi connectivity index (χ3v) is 4.59. The fourth-order valence-corrected chi connectivity index (χ4v) is 3.05. The molecule has 30 heavy (non-hydrogen) atoms.